The van der Waals surface area contributed by atoms with E-state index in [0.29, 0.717) is 24.8 Å². The van der Waals surface area contributed by atoms with Crippen molar-refractivity contribution in [2.24, 2.45) is 5.92 Å². The van der Waals surface area contributed by atoms with Gasteiger partial charge >= 0.3 is 5.69 Å². The molecule has 1 fully saturated rings. The molecular weight excluding hydrogens is 274 g/mol. The molecule has 1 aliphatic rings. The number of nitro groups is 1. The third-order valence-electron chi connectivity index (χ3n) is 3.63. The molecule has 8 nitrogen and oxygen atoms in total. The van der Waals surface area contributed by atoms with E-state index in [9.17, 15) is 15.2 Å². The molecule has 8 heteroatoms. The highest BCUT2D eigenvalue weighted by Gasteiger charge is 2.31. The number of aliphatic hydroxyl groups is 1. The van der Waals surface area contributed by atoms with Crippen LogP contribution in [0.25, 0.3) is 0 Å². The fourth-order valence-corrected chi connectivity index (χ4v) is 2.51. The first-order valence-electron chi connectivity index (χ1n) is 7.15. The van der Waals surface area contributed by atoms with E-state index in [0.717, 1.165) is 19.3 Å². The molecule has 1 aromatic rings. The molecule has 1 aromatic heterocycles. The molecule has 0 unspecified atom stereocenters. The number of nitrogens with one attached hydrogen (secondary N) is 1. The van der Waals surface area contributed by atoms with E-state index in [4.69, 9.17) is 0 Å². The van der Waals surface area contributed by atoms with Gasteiger partial charge in [0.15, 0.2) is 0 Å². The highest BCUT2D eigenvalue weighted by atomic mass is 16.6. The first-order chi connectivity index (χ1) is 10.0. The predicted octanol–water partition coefficient (Wildman–Crippen LogP) is 1.41. The highest BCUT2D eigenvalue weighted by Crippen LogP contribution is 2.34. The van der Waals surface area contributed by atoms with Crippen molar-refractivity contribution in [3.8, 4) is 0 Å². The maximum Gasteiger partial charge on any atom is 0.353 e. The summed E-state index contributed by atoms with van der Waals surface area (Å²) in [5.74, 6) is 0.925. The van der Waals surface area contributed by atoms with E-state index < -0.39 is 4.92 Å². The van der Waals surface area contributed by atoms with Gasteiger partial charge in [0.05, 0.1) is 11.0 Å². The molecule has 116 valence electrons. The number of aliphatic hydroxyl groups excluding tert-OH is 1. The van der Waals surface area contributed by atoms with Gasteiger partial charge in [-0.05, 0) is 25.2 Å². The maximum absolute atomic E-state index is 11.4. The van der Waals surface area contributed by atoms with Crippen LogP contribution in [0.15, 0.2) is 6.33 Å². The average Bonchev–Trinajstić information content (AvgIpc) is 2.42. The molecule has 0 aliphatic heterocycles. The zero-order valence-electron chi connectivity index (χ0n) is 12.3. The van der Waals surface area contributed by atoms with Gasteiger partial charge in [-0.3, -0.25) is 10.1 Å². The van der Waals surface area contributed by atoms with Crippen LogP contribution in [0.2, 0.25) is 0 Å². The zero-order chi connectivity index (χ0) is 15.4. The second kappa shape index (κ2) is 6.66. The van der Waals surface area contributed by atoms with Crippen LogP contribution in [0.4, 0.5) is 17.3 Å². The number of rotatable bonds is 7. The van der Waals surface area contributed by atoms with Crippen LogP contribution in [0, 0.1) is 16.0 Å². The van der Waals surface area contributed by atoms with Gasteiger partial charge in [-0.2, -0.15) is 0 Å². The number of nitrogens with zero attached hydrogens (tertiary/aromatic N) is 4. The molecule has 0 aromatic carbocycles. The molecule has 1 saturated carbocycles. The van der Waals surface area contributed by atoms with E-state index in [-0.39, 0.29) is 17.6 Å². The van der Waals surface area contributed by atoms with Crippen LogP contribution in [0.1, 0.15) is 26.2 Å². The molecule has 0 saturated heterocycles. The van der Waals surface area contributed by atoms with Crippen molar-refractivity contribution in [2.45, 2.75) is 32.3 Å². The van der Waals surface area contributed by atoms with Crippen molar-refractivity contribution >= 4 is 17.3 Å². The molecule has 2 N–H and O–H groups in total. The molecule has 2 rings (SSSR count). The summed E-state index contributed by atoms with van der Waals surface area (Å²) in [5, 5.41) is 23.6. The highest BCUT2D eigenvalue weighted by molar-refractivity contribution is 5.70. The summed E-state index contributed by atoms with van der Waals surface area (Å²) in [5.41, 5.74) is -0.0895. The standard InChI is InChI=1S/C13H21N5O3/c1-3-4-14-12-11(18(20)21)13(16-8-15-12)17(2)7-9-5-10(19)6-9/h8-10,19H,3-7H2,1-2H3,(H,14,15,16). The van der Waals surface area contributed by atoms with Crippen molar-refractivity contribution < 1.29 is 10.0 Å². The lowest BCUT2D eigenvalue weighted by atomic mass is 9.82. The normalized spacial score (nSPS) is 20.7. The number of hydrogen-bond donors (Lipinski definition) is 2. The minimum Gasteiger partial charge on any atom is -0.393 e. The Balaban J connectivity index is 2.18. The summed E-state index contributed by atoms with van der Waals surface area (Å²) in [6.07, 6.45) is 3.44. The van der Waals surface area contributed by atoms with Gasteiger partial charge in [0.2, 0.25) is 11.6 Å². The van der Waals surface area contributed by atoms with Gasteiger partial charge < -0.3 is 15.3 Å². The quantitative estimate of drug-likeness (QED) is 0.579. The molecule has 0 bridgehead atoms. The summed E-state index contributed by atoms with van der Waals surface area (Å²) >= 11 is 0. The molecule has 0 radical (unpaired) electrons. The molecule has 0 spiro atoms. The summed E-state index contributed by atoms with van der Waals surface area (Å²) < 4.78 is 0. The number of aromatic nitrogens is 2. The van der Waals surface area contributed by atoms with Gasteiger partial charge in [0.1, 0.15) is 6.33 Å². The lowest BCUT2D eigenvalue weighted by molar-refractivity contribution is -0.383. The van der Waals surface area contributed by atoms with Gasteiger partial charge in [-0.15, -0.1) is 0 Å². The second-order valence-electron chi connectivity index (χ2n) is 5.45. The second-order valence-corrected chi connectivity index (χ2v) is 5.45. The average molecular weight is 295 g/mol. The molecular formula is C13H21N5O3. The van der Waals surface area contributed by atoms with Crippen LogP contribution < -0.4 is 10.2 Å². The Kier molecular flexibility index (Phi) is 4.89. The minimum absolute atomic E-state index is 0.0895. The Labute approximate surface area is 123 Å². The molecule has 0 amide bonds. The molecule has 0 atom stereocenters. The number of hydrogen-bond acceptors (Lipinski definition) is 7. The fourth-order valence-electron chi connectivity index (χ4n) is 2.51. The van der Waals surface area contributed by atoms with Crippen LogP contribution in [0.5, 0.6) is 0 Å². The lowest BCUT2D eigenvalue weighted by Crippen LogP contribution is -2.37. The van der Waals surface area contributed by atoms with Crippen LogP contribution >= 0.6 is 0 Å². The Bertz CT molecular complexity index is 505. The van der Waals surface area contributed by atoms with Crippen molar-refractivity contribution in [3.05, 3.63) is 16.4 Å². The molecule has 1 aliphatic carbocycles. The predicted molar refractivity (Wildman–Crippen MR) is 79.5 cm³/mol. The van der Waals surface area contributed by atoms with E-state index in [2.05, 4.69) is 15.3 Å². The van der Waals surface area contributed by atoms with E-state index in [1.54, 1.807) is 11.9 Å². The van der Waals surface area contributed by atoms with Crippen molar-refractivity contribution in [1.29, 1.82) is 0 Å². The Hall–Kier alpha value is -1.96. The van der Waals surface area contributed by atoms with Gasteiger partial charge in [-0.1, -0.05) is 6.92 Å². The molecule has 21 heavy (non-hydrogen) atoms. The minimum atomic E-state index is -0.445. The van der Waals surface area contributed by atoms with Crippen LogP contribution in [0.3, 0.4) is 0 Å². The summed E-state index contributed by atoms with van der Waals surface area (Å²) in [6, 6.07) is 0. The van der Waals surface area contributed by atoms with Crippen molar-refractivity contribution in [3.63, 3.8) is 0 Å². The van der Waals surface area contributed by atoms with Crippen molar-refractivity contribution in [1.82, 2.24) is 9.97 Å². The Morgan fingerprint density at radius 1 is 1.52 bits per heavy atom. The third-order valence-corrected chi connectivity index (χ3v) is 3.63. The Morgan fingerprint density at radius 2 is 2.24 bits per heavy atom. The first kappa shape index (κ1) is 15.4. The van der Waals surface area contributed by atoms with E-state index in [1.165, 1.54) is 6.33 Å². The third kappa shape index (κ3) is 3.57. The maximum atomic E-state index is 11.4. The van der Waals surface area contributed by atoms with E-state index in [1.807, 2.05) is 6.92 Å². The Morgan fingerprint density at radius 3 is 2.81 bits per heavy atom. The molecule has 1 heterocycles. The monoisotopic (exact) mass is 295 g/mol. The first-order valence-corrected chi connectivity index (χ1v) is 7.15. The topological polar surface area (TPSA) is 104 Å². The van der Waals surface area contributed by atoms with Crippen molar-refractivity contribution in [2.75, 3.05) is 30.4 Å². The zero-order valence-corrected chi connectivity index (χ0v) is 12.3. The van der Waals surface area contributed by atoms with Gasteiger partial charge in [0.25, 0.3) is 0 Å². The fraction of sp³-hybridized carbons (Fsp3) is 0.692. The van der Waals surface area contributed by atoms with Gasteiger partial charge in [0, 0.05) is 20.1 Å². The largest absolute Gasteiger partial charge is 0.393 e. The summed E-state index contributed by atoms with van der Waals surface area (Å²) in [6.45, 7) is 3.24. The van der Waals surface area contributed by atoms with E-state index >= 15 is 0 Å². The number of anilines is 2. The summed E-state index contributed by atoms with van der Waals surface area (Å²) in [7, 11) is 1.78. The SMILES string of the molecule is CCCNc1ncnc(N(C)CC2CC(O)C2)c1[N+](=O)[O-]. The summed E-state index contributed by atoms with van der Waals surface area (Å²) in [4.78, 5) is 20.7. The van der Waals surface area contributed by atoms with Gasteiger partial charge in [-0.25, -0.2) is 9.97 Å². The lowest BCUT2D eigenvalue weighted by Gasteiger charge is -2.34. The smallest absolute Gasteiger partial charge is 0.353 e. The van der Waals surface area contributed by atoms with Crippen LogP contribution in [-0.2, 0) is 0 Å². The van der Waals surface area contributed by atoms with Crippen LogP contribution in [-0.4, -0.2) is 46.2 Å².